The number of rotatable bonds is 67. The lowest BCUT2D eigenvalue weighted by molar-refractivity contribution is -0.167. The molecule has 0 rings (SSSR count). The second kappa shape index (κ2) is 70.6. The molecule has 0 bridgehead atoms. The van der Waals surface area contributed by atoms with Gasteiger partial charge in [0.1, 0.15) is 13.2 Å². The Morgan fingerprint density at radius 3 is 0.756 bits per heavy atom. The number of allylic oxidation sites excluding steroid dienone is 10. The van der Waals surface area contributed by atoms with Gasteiger partial charge in [-0.15, -0.1) is 0 Å². The normalized spacial score (nSPS) is 12.4. The second-order valence-electron chi connectivity index (χ2n) is 24.5. The maximum Gasteiger partial charge on any atom is 0.306 e. The molecule has 0 aromatic heterocycles. The second-order valence-corrected chi connectivity index (χ2v) is 24.5. The maximum atomic E-state index is 12.9. The molecule has 0 fully saturated rings. The Balaban J connectivity index is 3.99. The number of hydrogen-bond acceptors (Lipinski definition) is 6. The van der Waals surface area contributed by atoms with Crippen LogP contribution in [0.3, 0.4) is 0 Å². The first-order valence-electron chi connectivity index (χ1n) is 36.3. The lowest BCUT2D eigenvalue weighted by atomic mass is 10.0. The Kier molecular flexibility index (Phi) is 68.1. The highest BCUT2D eigenvalue weighted by atomic mass is 16.6. The molecule has 82 heavy (non-hydrogen) atoms. The van der Waals surface area contributed by atoms with E-state index in [0.29, 0.717) is 19.3 Å². The van der Waals surface area contributed by atoms with Crippen LogP contribution in [0.5, 0.6) is 0 Å². The van der Waals surface area contributed by atoms with E-state index in [2.05, 4.69) is 81.5 Å². The van der Waals surface area contributed by atoms with Crippen LogP contribution in [0.2, 0.25) is 0 Å². The molecule has 1 atom stereocenters. The van der Waals surface area contributed by atoms with E-state index in [4.69, 9.17) is 14.2 Å². The Hall–Kier alpha value is -2.89. The van der Waals surface area contributed by atoms with Crippen LogP contribution in [-0.4, -0.2) is 37.2 Å². The standard InChI is InChI=1S/C76H138O6/c1-4-7-10-13-16-19-21-23-25-27-29-31-32-33-34-35-36-37-38-39-40-41-42-43-44-46-47-49-51-53-55-57-60-63-66-69-75(78)81-72-73(71-80-74(77)68-65-62-59-18-15-12-9-6-3)82-76(79)70-67-64-61-58-56-54-52-50-48-45-30-28-26-24-22-20-17-14-11-8-5-2/h7,10,16,19,23,25,28-31,73H,4-6,8-9,11-15,17-18,20-22,24,26-27,32-72H2,1-3H3/b10-7-,19-16-,25-23-,30-28-,31-29-. The molecule has 0 heterocycles. The van der Waals surface area contributed by atoms with Crippen molar-refractivity contribution in [1.82, 2.24) is 0 Å². The van der Waals surface area contributed by atoms with Crippen LogP contribution in [0.1, 0.15) is 387 Å². The zero-order valence-corrected chi connectivity index (χ0v) is 55.0. The first kappa shape index (κ1) is 79.1. The van der Waals surface area contributed by atoms with E-state index in [1.165, 1.54) is 263 Å². The van der Waals surface area contributed by atoms with Gasteiger partial charge in [-0.25, -0.2) is 0 Å². The smallest absolute Gasteiger partial charge is 0.306 e. The Morgan fingerprint density at radius 2 is 0.476 bits per heavy atom. The van der Waals surface area contributed by atoms with Crippen LogP contribution in [-0.2, 0) is 28.6 Å². The molecule has 0 N–H and O–H groups in total. The predicted octanol–water partition coefficient (Wildman–Crippen LogP) is 25.1. The van der Waals surface area contributed by atoms with Crippen LogP contribution in [0.25, 0.3) is 0 Å². The van der Waals surface area contributed by atoms with Crippen molar-refractivity contribution in [3.05, 3.63) is 60.8 Å². The number of carbonyl (C=O) groups excluding carboxylic acids is 3. The van der Waals surface area contributed by atoms with Gasteiger partial charge in [0.2, 0.25) is 0 Å². The number of ether oxygens (including phenoxy) is 3. The zero-order valence-electron chi connectivity index (χ0n) is 55.0. The van der Waals surface area contributed by atoms with Gasteiger partial charge in [-0.1, -0.05) is 345 Å². The molecule has 0 aliphatic carbocycles. The summed E-state index contributed by atoms with van der Waals surface area (Å²) >= 11 is 0. The van der Waals surface area contributed by atoms with Crippen molar-refractivity contribution in [2.24, 2.45) is 0 Å². The third-order valence-electron chi connectivity index (χ3n) is 16.3. The lowest BCUT2D eigenvalue weighted by Gasteiger charge is -2.18. The third kappa shape index (κ3) is 67.9. The zero-order chi connectivity index (χ0) is 59.2. The van der Waals surface area contributed by atoms with E-state index in [1.54, 1.807) is 0 Å². The number of esters is 3. The van der Waals surface area contributed by atoms with Gasteiger partial charge in [0.25, 0.3) is 0 Å². The summed E-state index contributed by atoms with van der Waals surface area (Å²) in [4.78, 5) is 38.2. The largest absolute Gasteiger partial charge is 0.462 e. The summed E-state index contributed by atoms with van der Waals surface area (Å²) in [7, 11) is 0. The first-order valence-corrected chi connectivity index (χ1v) is 36.3. The van der Waals surface area contributed by atoms with Crippen molar-refractivity contribution in [2.75, 3.05) is 13.2 Å². The van der Waals surface area contributed by atoms with Crippen molar-refractivity contribution < 1.29 is 28.6 Å². The number of carbonyl (C=O) groups is 3. The Morgan fingerprint density at radius 1 is 0.256 bits per heavy atom. The van der Waals surface area contributed by atoms with Crippen molar-refractivity contribution in [1.29, 1.82) is 0 Å². The van der Waals surface area contributed by atoms with Gasteiger partial charge in [-0.05, 0) is 83.5 Å². The van der Waals surface area contributed by atoms with Crippen molar-refractivity contribution in [3.8, 4) is 0 Å². The van der Waals surface area contributed by atoms with Crippen LogP contribution < -0.4 is 0 Å². The molecular weight excluding hydrogens is 1010 g/mol. The van der Waals surface area contributed by atoms with E-state index in [9.17, 15) is 14.4 Å². The summed E-state index contributed by atoms with van der Waals surface area (Å²) in [5.74, 6) is -0.850. The molecule has 6 heteroatoms. The number of hydrogen-bond donors (Lipinski definition) is 0. The minimum Gasteiger partial charge on any atom is -0.462 e. The maximum absolute atomic E-state index is 12.9. The monoisotopic (exact) mass is 1150 g/mol. The Labute approximate surface area is 510 Å². The quantitative estimate of drug-likeness (QED) is 0.0261. The average molecular weight is 1150 g/mol. The van der Waals surface area contributed by atoms with Crippen molar-refractivity contribution in [2.45, 2.75) is 393 Å². The summed E-state index contributed by atoms with van der Waals surface area (Å²) in [5, 5.41) is 0. The Bertz CT molecular complexity index is 1460. The highest BCUT2D eigenvalue weighted by Crippen LogP contribution is 2.18. The van der Waals surface area contributed by atoms with E-state index in [0.717, 1.165) is 83.5 Å². The summed E-state index contributed by atoms with van der Waals surface area (Å²) in [5.41, 5.74) is 0. The minimum absolute atomic E-state index is 0.0684. The van der Waals surface area contributed by atoms with Gasteiger partial charge in [-0.3, -0.25) is 14.4 Å². The van der Waals surface area contributed by atoms with Crippen molar-refractivity contribution in [3.63, 3.8) is 0 Å². The fraction of sp³-hybridized carbons (Fsp3) is 0.829. The summed E-state index contributed by atoms with van der Waals surface area (Å²) in [6.07, 6.45) is 91.5. The fourth-order valence-corrected chi connectivity index (χ4v) is 10.8. The molecule has 0 amide bonds. The number of unbranched alkanes of at least 4 members (excludes halogenated alkanes) is 46. The average Bonchev–Trinajstić information content (AvgIpc) is 3.47. The molecule has 478 valence electrons. The third-order valence-corrected chi connectivity index (χ3v) is 16.3. The van der Waals surface area contributed by atoms with Gasteiger partial charge in [0.05, 0.1) is 0 Å². The van der Waals surface area contributed by atoms with E-state index < -0.39 is 6.10 Å². The predicted molar refractivity (Wildman–Crippen MR) is 358 cm³/mol. The lowest BCUT2D eigenvalue weighted by Crippen LogP contribution is -2.30. The summed E-state index contributed by atoms with van der Waals surface area (Å²) in [6, 6.07) is 0. The molecule has 0 spiro atoms. The van der Waals surface area contributed by atoms with E-state index in [1.807, 2.05) is 0 Å². The van der Waals surface area contributed by atoms with E-state index in [-0.39, 0.29) is 31.1 Å². The summed E-state index contributed by atoms with van der Waals surface area (Å²) in [6.45, 7) is 6.56. The minimum atomic E-state index is -0.770. The van der Waals surface area contributed by atoms with Crippen LogP contribution >= 0.6 is 0 Å². The van der Waals surface area contributed by atoms with Crippen LogP contribution in [0.4, 0.5) is 0 Å². The molecule has 0 saturated heterocycles. The van der Waals surface area contributed by atoms with Crippen LogP contribution in [0.15, 0.2) is 60.8 Å². The first-order chi connectivity index (χ1) is 40.5. The molecule has 0 aromatic carbocycles. The highest BCUT2D eigenvalue weighted by molar-refractivity contribution is 5.71. The fourth-order valence-electron chi connectivity index (χ4n) is 10.8. The molecular formula is C76H138O6. The topological polar surface area (TPSA) is 78.9 Å². The molecule has 6 nitrogen and oxygen atoms in total. The molecule has 0 aliphatic rings. The highest BCUT2D eigenvalue weighted by Gasteiger charge is 2.19. The van der Waals surface area contributed by atoms with Gasteiger partial charge in [-0.2, -0.15) is 0 Å². The SMILES string of the molecule is CC/C=C\C/C=C\C/C=C\C/C=C\CCCCCCCCCCCCCCCCCCCCCCCCC(=O)OCC(COC(=O)CCCCCCCCCC)OC(=O)CCCCCCCCCCC/C=C\CCCCCCCCCC. The summed E-state index contributed by atoms with van der Waals surface area (Å²) < 4.78 is 16.9. The van der Waals surface area contributed by atoms with E-state index >= 15 is 0 Å². The molecule has 0 radical (unpaired) electrons. The van der Waals surface area contributed by atoms with Gasteiger partial charge >= 0.3 is 17.9 Å². The van der Waals surface area contributed by atoms with Gasteiger partial charge in [0.15, 0.2) is 6.10 Å². The molecule has 0 aliphatic heterocycles. The van der Waals surface area contributed by atoms with Crippen LogP contribution in [0, 0.1) is 0 Å². The molecule has 0 aromatic rings. The van der Waals surface area contributed by atoms with Gasteiger partial charge < -0.3 is 14.2 Å². The molecule has 1 unspecified atom stereocenters. The van der Waals surface area contributed by atoms with Crippen molar-refractivity contribution >= 4 is 17.9 Å². The molecule has 0 saturated carbocycles. The van der Waals surface area contributed by atoms with Gasteiger partial charge in [0, 0.05) is 19.3 Å².